The maximum atomic E-state index is 10.7. The van der Waals surface area contributed by atoms with Gasteiger partial charge in [0.05, 0.1) is 12.0 Å². The topological polar surface area (TPSA) is 66.0 Å². The molecule has 0 spiro atoms. The summed E-state index contributed by atoms with van der Waals surface area (Å²) in [5.41, 5.74) is 5.43. The molecule has 1 aliphatic heterocycles. The number of hydrogen-bond acceptors (Lipinski definition) is 4. The molecule has 1 fully saturated rings. The van der Waals surface area contributed by atoms with Gasteiger partial charge in [-0.15, -0.1) is 0 Å². The molecule has 0 radical (unpaired) electrons. The Bertz CT molecular complexity index is 172. The van der Waals surface area contributed by atoms with Gasteiger partial charge in [-0.2, -0.15) is 0 Å². The van der Waals surface area contributed by atoms with Crippen molar-refractivity contribution in [3.8, 4) is 0 Å². The third kappa shape index (κ3) is 2.46. The van der Waals surface area contributed by atoms with Crippen LogP contribution in [0.4, 0.5) is 0 Å². The van der Waals surface area contributed by atoms with Crippen LogP contribution in [0, 0.1) is 5.21 Å². The molecule has 1 aliphatic rings. The SMILES string of the molecule is C/C=C(/S[NH+](C)[O-])C1OC1N. The molecule has 3 N–H and O–H groups in total. The van der Waals surface area contributed by atoms with E-state index in [1.807, 2.05) is 13.0 Å². The van der Waals surface area contributed by atoms with Crippen molar-refractivity contribution < 1.29 is 9.21 Å². The first-order chi connectivity index (χ1) is 5.15. The number of nitrogens with two attached hydrogens (primary N) is 1. The van der Waals surface area contributed by atoms with Gasteiger partial charge in [0.2, 0.25) is 0 Å². The van der Waals surface area contributed by atoms with Gasteiger partial charge in [-0.25, -0.2) is 0 Å². The summed E-state index contributed by atoms with van der Waals surface area (Å²) >= 11 is 1.19. The van der Waals surface area contributed by atoms with E-state index in [0.717, 1.165) is 4.91 Å². The summed E-state index contributed by atoms with van der Waals surface area (Å²) in [5.74, 6) is 0. The Morgan fingerprint density at radius 2 is 2.36 bits per heavy atom. The standard InChI is InChI=1S/C6H12N2O2S/c1-3-4(11-8(2)9)5-6(7)10-5/h3,5-6,8H,7H2,1-2H3/b4-3+. The summed E-state index contributed by atoms with van der Waals surface area (Å²) < 4.78 is 5.08. The van der Waals surface area contributed by atoms with Crippen molar-refractivity contribution in [3.05, 3.63) is 16.2 Å². The van der Waals surface area contributed by atoms with Crippen LogP contribution >= 0.6 is 11.9 Å². The molecule has 1 heterocycles. The van der Waals surface area contributed by atoms with Crippen molar-refractivity contribution in [2.75, 3.05) is 7.05 Å². The van der Waals surface area contributed by atoms with E-state index in [1.54, 1.807) is 0 Å². The fraction of sp³-hybridized carbons (Fsp3) is 0.667. The first kappa shape index (κ1) is 9.02. The summed E-state index contributed by atoms with van der Waals surface area (Å²) in [5, 5.41) is 10.7. The van der Waals surface area contributed by atoms with Crippen molar-refractivity contribution in [2.24, 2.45) is 5.73 Å². The molecular formula is C6H12N2O2S. The lowest BCUT2D eigenvalue weighted by atomic mass is 10.4. The van der Waals surface area contributed by atoms with E-state index in [2.05, 4.69) is 0 Å². The van der Waals surface area contributed by atoms with E-state index in [4.69, 9.17) is 10.5 Å². The molecule has 0 aromatic carbocycles. The molecule has 0 aromatic rings. The first-order valence-electron chi connectivity index (χ1n) is 3.41. The highest BCUT2D eigenvalue weighted by Gasteiger charge is 2.39. The quantitative estimate of drug-likeness (QED) is 0.337. The molecular weight excluding hydrogens is 164 g/mol. The maximum Gasteiger partial charge on any atom is 0.138 e. The molecule has 5 heteroatoms. The Morgan fingerprint density at radius 1 is 1.82 bits per heavy atom. The lowest BCUT2D eigenvalue weighted by Crippen LogP contribution is -2.96. The lowest BCUT2D eigenvalue weighted by Gasteiger charge is -2.13. The van der Waals surface area contributed by atoms with Crippen LogP contribution in [0.5, 0.6) is 0 Å². The summed E-state index contributed by atoms with van der Waals surface area (Å²) in [7, 11) is 1.53. The molecule has 0 saturated carbocycles. The van der Waals surface area contributed by atoms with Gasteiger partial charge in [-0.3, -0.25) is 0 Å². The van der Waals surface area contributed by atoms with E-state index in [1.165, 1.54) is 19.0 Å². The molecule has 4 nitrogen and oxygen atoms in total. The van der Waals surface area contributed by atoms with E-state index in [0.29, 0.717) is 0 Å². The first-order valence-corrected chi connectivity index (χ1v) is 4.22. The van der Waals surface area contributed by atoms with Gasteiger partial charge < -0.3 is 20.1 Å². The van der Waals surface area contributed by atoms with Gasteiger partial charge in [-0.1, -0.05) is 6.08 Å². The fourth-order valence-electron chi connectivity index (χ4n) is 0.800. The van der Waals surface area contributed by atoms with Crippen LogP contribution in [-0.2, 0) is 4.74 Å². The zero-order valence-electron chi connectivity index (χ0n) is 6.53. The van der Waals surface area contributed by atoms with Crippen molar-refractivity contribution >= 4 is 11.9 Å². The Hall–Kier alpha value is -0.0700. The van der Waals surface area contributed by atoms with E-state index in [-0.39, 0.29) is 16.8 Å². The molecule has 3 atom stereocenters. The second kappa shape index (κ2) is 3.55. The van der Waals surface area contributed by atoms with Gasteiger partial charge in [-0.05, 0) is 6.92 Å². The van der Waals surface area contributed by atoms with E-state index < -0.39 is 0 Å². The molecule has 64 valence electrons. The minimum Gasteiger partial charge on any atom is -0.622 e. The summed E-state index contributed by atoms with van der Waals surface area (Å²) in [6.07, 6.45) is 1.63. The second-order valence-corrected chi connectivity index (χ2v) is 3.56. The summed E-state index contributed by atoms with van der Waals surface area (Å²) in [6, 6.07) is 0. The molecule has 0 amide bonds. The van der Waals surface area contributed by atoms with Crippen LogP contribution in [0.15, 0.2) is 11.0 Å². The van der Waals surface area contributed by atoms with E-state index in [9.17, 15) is 5.21 Å². The largest absolute Gasteiger partial charge is 0.622 e. The number of hydroxylamine groups is 1. The van der Waals surface area contributed by atoms with Crippen LogP contribution < -0.4 is 10.2 Å². The normalized spacial score (nSPS) is 33.6. The number of ether oxygens (including phenoxy) is 1. The molecule has 1 saturated heterocycles. The Labute approximate surface area is 70.1 Å². The zero-order valence-corrected chi connectivity index (χ0v) is 7.35. The summed E-state index contributed by atoms with van der Waals surface area (Å²) in [6.45, 7) is 1.87. The van der Waals surface area contributed by atoms with Crippen molar-refractivity contribution in [1.29, 1.82) is 0 Å². The second-order valence-electron chi connectivity index (χ2n) is 2.31. The molecule has 0 bridgehead atoms. The van der Waals surface area contributed by atoms with Crippen LogP contribution in [0.25, 0.3) is 0 Å². The molecule has 11 heavy (non-hydrogen) atoms. The van der Waals surface area contributed by atoms with E-state index >= 15 is 0 Å². The van der Waals surface area contributed by atoms with Gasteiger partial charge in [0.15, 0.2) is 0 Å². The van der Waals surface area contributed by atoms with Gasteiger partial charge >= 0.3 is 0 Å². The highest BCUT2D eigenvalue weighted by atomic mass is 32.2. The van der Waals surface area contributed by atoms with Gasteiger partial charge in [0, 0.05) is 0 Å². The molecule has 0 aliphatic carbocycles. The van der Waals surface area contributed by atoms with Crippen LogP contribution in [-0.4, -0.2) is 19.4 Å². The molecule has 3 unspecified atom stereocenters. The fourth-order valence-corrected chi connectivity index (χ4v) is 1.56. The Kier molecular flexibility index (Phi) is 2.91. The smallest absolute Gasteiger partial charge is 0.138 e. The Morgan fingerprint density at radius 3 is 2.64 bits per heavy atom. The third-order valence-corrected chi connectivity index (χ3v) is 2.34. The lowest BCUT2D eigenvalue weighted by molar-refractivity contribution is -0.665. The number of rotatable bonds is 3. The Balaban J connectivity index is 2.39. The summed E-state index contributed by atoms with van der Waals surface area (Å²) in [4.78, 5) is 0.921. The van der Waals surface area contributed by atoms with Crippen LogP contribution in [0.2, 0.25) is 0 Å². The zero-order chi connectivity index (χ0) is 8.43. The van der Waals surface area contributed by atoms with Crippen LogP contribution in [0.1, 0.15) is 6.92 Å². The van der Waals surface area contributed by atoms with Gasteiger partial charge in [0.1, 0.15) is 24.3 Å². The third-order valence-electron chi connectivity index (χ3n) is 1.35. The molecule has 0 aromatic heterocycles. The minimum absolute atomic E-state index is 0.0334. The highest BCUT2D eigenvalue weighted by molar-refractivity contribution is 7.97. The number of allylic oxidation sites excluding steroid dienone is 1. The number of nitrogens with one attached hydrogen (secondary N) is 1. The van der Waals surface area contributed by atoms with Crippen molar-refractivity contribution in [3.63, 3.8) is 0 Å². The van der Waals surface area contributed by atoms with Gasteiger partial charge in [0.25, 0.3) is 0 Å². The maximum absolute atomic E-state index is 10.7. The predicted octanol–water partition coefficient (Wildman–Crippen LogP) is -0.765. The molecule has 1 rings (SSSR count). The average Bonchev–Trinajstić information content (AvgIpc) is 2.61. The minimum atomic E-state index is -0.201. The highest BCUT2D eigenvalue weighted by Crippen LogP contribution is 2.29. The number of epoxide rings is 1. The number of quaternary nitrogens is 1. The number of hydrogen-bond donors (Lipinski definition) is 2. The predicted molar refractivity (Wildman–Crippen MR) is 44.5 cm³/mol. The van der Waals surface area contributed by atoms with Crippen molar-refractivity contribution in [1.82, 2.24) is 0 Å². The van der Waals surface area contributed by atoms with Crippen LogP contribution in [0.3, 0.4) is 0 Å². The van der Waals surface area contributed by atoms with Crippen molar-refractivity contribution in [2.45, 2.75) is 19.3 Å². The monoisotopic (exact) mass is 176 g/mol. The average molecular weight is 176 g/mol.